The van der Waals surface area contributed by atoms with Gasteiger partial charge in [-0.3, -0.25) is 0 Å². The fraction of sp³-hybridized carbons (Fsp3) is 0.400. The maximum atomic E-state index is 10.5. The van der Waals surface area contributed by atoms with Gasteiger partial charge < -0.3 is 15.4 Å². The Morgan fingerprint density at radius 1 is 1.16 bits per heavy atom. The maximum Gasteiger partial charge on any atom is 0.222 e. The molecule has 0 spiro atoms. The summed E-state index contributed by atoms with van der Waals surface area (Å²) in [5, 5.41) is 14.4. The molecule has 1 aromatic carbocycles. The fourth-order valence-electron chi connectivity index (χ4n) is 3.11. The van der Waals surface area contributed by atoms with Gasteiger partial charge in [-0.05, 0) is 61.8 Å². The quantitative estimate of drug-likeness (QED) is 0.824. The summed E-state index contributed by atoms with van der Waals surface area (Å²) in [6.07, 6.45) is 4.53. The van der Waals surface area contributed by atoms with Gasteiger partial charge in [0.25, 0.3) is 0 Å². The van der Waals surface area contributed by atoms with Crippen LogP contribution in [0.5, 0.6) is 5.75 Å². The van der Waals surface area contributed by atoms with E-state index < -0.39 is 0 Å². The molecule has 0 bridgehead atoms. The van der Waals surface area contributed by atoms with Crippen molar-refractivity contribution in [3.05, 3.63) is 28.3 Å². The SMILES string of the molecule is Cc1c(O)c(-c2cc(N)on2)c(C)c2c1CCCC2. The number of aromatic hydroxyl groups is 1. The Morgan fingerprint density at radius 2 is 1.79 bits per heavy atom. The van der Waals surface area contributed by atoms with E-state index in [0.29, 0.717) is 11.4 Å². The molecule has 19 heavy (non-hydrogen) atoms. The smallest absolute Gasteiger partial charge is 0.222 e. The van der Waals surface area contributed by atoms with Crippen molar-refractivity contribution in [3.8, 4) is 17.0 Å². The topological polar surface area (TPSA) is 72.3 Å². The van der Waals surface area contributed by atoms with Gasteiger partial charge in [0.2, 0.25) is 5.88 Å². The third kappa shape index (κ3) is 1.79. The molecular weight excluding hydrogens is 240 g/mol. The Balaban J connectivity index is 2.28. The molecule has 1 aromatic heterocycles. The molecular formula is C15H18N2O2. The van der Waals surface area contributed by atoms with E-state index in [2.05, 4.69) is 5.16 Å². The second-order valence-electron chi connectivity index (χ2n) is 5.25. The summed E-state index contributed by atoms with van der Waals surface area (Å²) < 4.78 is 4.93. The number of nitrogen functional groups attached to an aromatic ring is 1. The lowest BCUT2D eigenvalue weighted by Gasteiger charge is -2.23. The van der Waals surface area contributed by atoms with Gasteiger partial charge in [-0.2, -0.15) is 0 Å². The molecule has 0 fully saturated rings. The molecule has 0 unspecified atom stereocenters. The number of hydrogen-bond acceptors (Lipinski definition) is 4. The summed E-state index contributed by atoms with van der Waals surface area (Å²) in [7, 11) is 0. The van der Waals surface area contributed by atoms with Gasteiger partial charge in [-0.1, -0.05) is 5.16 Å². The molecule has 0 atom stereocenters. The number of phenols is 1. The molecule has 0 saturated carbocycles. The van der Waals surface area contributed by atoms with Crippen molar-refractivity contribution in [1.82, 2.24) is 5.16 Å². The third-order valence-electron chi connectivity index (χ3n) is 4.12. The van der Waals surface area contributed by atoms with Crippen molar-refractivity contribution in [3.63, 3.8) is 0 Å². The van der Waals surface area contributed by atoms with Crippen LogP contribution in [-0.2, 0) is 12.8 Å². The Labute approximate surface area is 112 Å². The highest BCUT2D eigenvalue weighted by atomic mass is 16.5. The number of aromatic nitrogens is 1. The zero-order valence-electron chi connectivity index (χ0n) is 11.3. The zero-order chi connectivity index (χ0) is 13.6. The number of nitrogens with two attached hydrogens (primary N) is 1. The van der Waals surface area contributed by atoms with E-state index in [1.165, 1.54) is 24.0 Å². The highest BCUT2D eigenvalue weighted by Crippen LogP contribution is 2.41. The van der Waals surface area contributed by atoms with Gasteiger partial charge in [-0.15, -0.1) is 0 Å². The van der Waals surface area contributed by atoms with Gasteiger partial charge in [0.15, 0.2) is 0 Å². The molecule has 2 aromatic rings. The molecule has 3 rings (SSSR count). The average Bonchev–Trinajstić information content (AvgIpc) is 2.83. The predicted molar refractivity (Wildman–Crippen MR) is 74.1 cm³/mol. The van der Waals surface area contributed by atoms with Crippen LogP contribution in [-0.4, -0.2) is 10.3 Å². The van der Waals surface area contributed by atoms with Gasteiger partial charge in [0.1, 0.15) is 11.4 Å². The van der Waals surface area contributed by atoms with Crippen molar-refractivity contribution in [1.29, 1.82) is 0 Å². The first-order valence-corrected chi connectivity index (χ1v) is 6.66. The fourth-order valence-corrected chi connectivity index (χ4v) is 3.11. The van der Waals surface area contributed by atoms with Crippen molar-refractivity contribution in [2.75, 3.05) is 5.73 Å². The van der Waals surface area contributed by atoms with Crippen LogP contribution in [0.1, 0.15) is 35.1 Å². The first-order valence-electron chi connectivity index (χ1n) is 6.66. The Kier molecular flexibility index (Phi) is 2.73. The lowest BCUT2D eigenvalue weighted by atomic mass is 9.82. The standard InChI is InChI=1S/C15H18N2O2/c1-8-10-5-3-4-6-11(10)9(2)15(18)14(8)12-7-13(16)19-17-12/h7,18H,3-6,16H2,1-2H3. The molecule has 1 aliphatic rings. The van der Waals surface area contributed by atoms with E-state index in [-0.39, 0.29) is 5.88 Å². The Hall–Kier alpha value is -1.97. The number of benzene rings is 1. The molecule has 100 valence electrons. The van der Waals surface area contributed by atoms with Crippen LogP contribution in [0.15, 0.2) is 10.6 Å². The summed E-state index contributed by atoms with van der Waals surface area (Å²) in [5.41, 5.74) is 11.7. The second-order valence-corrected chi connectivity index (χ2v) is 5.25. The van der Waals surface area contributed by atoms with Crippen LogP contribution < -0.4 is 5.73 Å². The van der Waals surface area contributed by atoms with Crippen LogP contribution in [0.4, 0.5) is 5.88 Å². The van der Waals surface area contributed by atoms with E-state index in [9.17, 15) is 5.11 Å². The predicted octanol–water partition coefficient (Wildman–Crippen LogP) is 3.13. The summed E-state index contributed by atoms with van der Waals surface area (Å²) in [5.74, 6) is 0.579. The molecule has 0 aliphatic heterocycles. The van der Waals surface area contributed by atoms with E-state index in [4.69, 9.17) is 10.3 Å². The third-order valence-corrected chi connectivity index (χ3v) is 4.12. The first-order chi connectivity index (χ1) is 9.09. The minimum atomic E-state index is 0.268. The minimum Gasteiger partial charge on any atom is -0.507 e. The summed E-state index contributed by atoms with van der Waals surface area (Å²) in [6.45, 7) is 4.02. The Bertz CT molecular complexity index is 644. The highest BCUT2D eigenvalue weighted by Gasteiger charge is 2.23. The van der Waals surface area contributed by atoms with Crippen molar-refractivity contribution in [2.24, 2.45) is 0 Å². The number of fused-ring (bicyclic) bond motifs is 1. The lowest BCUT2D eigenvalue weighted by Crippen LogP contribution is -2.08. The molecule has 4 heteroatoms. The van der Waals surface area contributed by atoms with Gasteiger partial charge in [-0.25, -0.2) is 0 Å². The number of phenolic OH excluding ortho intramolecular Hbond substituents is 1. The number of anilines is 1. The number of rotatable bonds is 1. The largest absolute Gasteiger partial charge is 0.507 e. The van der Waals surface area contributed by atoms with Crippen LogP contribution in [0.2, 0.25) is 0 Å². The molecule has 0 amide bonds. The van der Waals surface area contributed by atoms with Gasteiger partial charge >= 0.3 is 0 Å². The molecule has 1 heterocycles. The van der Waals surface area contributed by atoms with Crippen molar-refractivity contribution >= 4 is 5.88 Å². The summed E-state index contributed by atoms with van der Waals surface area (Å²) in [4.78, 5) is 0. The summed E-state index contributed by atoms with van der Waals surface area (Å²) >= 11 is 0. The van der Waals surface area contributed by atoms with Gasteiger partial charge in [0, 0.05) is 11.6 Å². The van der Waals surface area contributed by atoms with Gasteiger partial charge in [0.05, 0.1) is 0 Å². The number of hydrogen-bond donors (Lipinski definition) is 2. The average molecular weight is 258 g/mol. The number of nitrogens with zero attached hydrogens (tertiary/aromatic N) is 1. The van der Waals surface area contributed by atoms with Crippen LogP contribution in [0.25, 0.3) is 11.3 Å². The molecule has 4 nitrogen and oxygen atoms in total. The monoisotopic (exact) mass is 258 g/mol. The van der Waals surface area contributed by atoms with Crippen LogP contribution >= 0.6 is 0 Å². The van der Waals surface area contributed by atoms with E-state index >= 15 is 0 Å². The van der Waals surface area contributed by atoms with Crippen molar-refractivity contribution < 1.29 is 9.63 Å². The van der Waals surface area contributed by atoms with Crippen molar-refractivity contribution in [2.45, 2.75) is 39.5 Å². The van der Waals surface area contributed by atoms with Crippen LogP contribution in [0, 0.1) is 13.8 Å². The highest BCUT2D eigenvalue weighted by molar-refractivity contribution is 5.76. The lowest BCUT2D eigenvalue weighted by molar-refractivity contribution is 0.436. The molecule has 3 N–H and O–H groups in total. The summed E-state index contributed by atoms with van der Waals surface area (Å²) in [6, 6.07) is 1.66. The first kappa shape index (κ1) is 12.1. The normalized spacial score (nSPS) is 14.4. The van der Waals surface area contributed by atoms with E-state index in [0.717, 1.165) is 29.5 Å². The molecule has 0 radical (unpaired) electrons. The molecule has 0 saturated heterocycles. The Morgan fingerprint density at radius 3 is 2.37 bits per heavy atom. The molecule has 1 aliphatic carbocycles. The maximum absolute atomic E-state index is 10.5. The second kappa shape index (κ2) is 4.30. The van der Waals surface area contributed by atoms with E-state index in [1.54, 1.807) is 6.07 Å². The van der Waals surface area contributed by atoms with E-state index in [1.807, 2.05) is 13.8 Å². The zero-order valence-corrected chi connectivity index (χ0v) is 11.3. The van der Waals surface area contributed by atoms with Crippen LogP contribution in [0.3, 0.4) is 0 Å². The minimum absolute atomic E-state index is 0.268.